The number of cyclic esters (lactones) is 1. The normalized spacial score (nSPS) is 18.9. The fourth-order valence-electron chi connectivity index (χ4n) is 3.64. The second-order valence-electron chi connectivity index (χ2n) is 6.47. The minimum Gasteiger partial charge on any atom is -0.439 e. The Hall–Kier alpha value is -2.83. The molecule has 2 aliphatic heterocycles. The number of hydrogen-bond donors (Lipinski definition) is 1. The number of hydrogen-bond acceptors (Lipinski definition) is 4. The van der Waals surface area contributed by atoms with Crippen LogP contribution in [-0.2, 0) is 20.7 Å². The summed E-state index contributed by atoms with van der Waals surface area (Å²) in [4.78, 5) is 42.2. The minimum absolute atomic E-state index is 0.0681. The first-order valence-electron chi connectivity index (χ1n) is 8.45. The molecule has 0 saturated carbocycles. The largest absolute Gasteiger partial charge is 0.439 e. The van der Waals surface area contributed by atoms with Crippen molar-refractivity contribution in [2.24, 2.45) is 0 Å². The van der Waals surface area contributed by atoms with Crippen LogP contribution < -0.4 is 0 Å². The summed E-state index contributed by atoms with van der Waals surface area (Å²) in [5.74, 6) is -0.216. The number of aromatic nitrogens is 1. The van der Waals surface area contributed by atoms with Crippen LogP contribution in [0, 0.1) is 0 Å². The van der Waals surface area contributed by atoms with Crippen LogP contribution in [0.1, 0.15) is 18.4 Å². The summed E-state index contributed by atoms with van der Waals surface area (Å²) in [5.41, 5.74) is 2.01. The fourth-order valence-corrected chi connectivity index (χ4v) is 3.64. The molecule has 3 heterocycles. The molecule has 0 unspecified atom stereocenters. The van der Waals surface area contributed by atoms with E-state index in [2.05, 4.69) is 4.98 Å². The highest BCUT2D eigenvalue weighted by Crippen LogP contribution is 2.23. The summed E-state index contributed by atoms with van der Waals surface area (Å²) in [7, 11) is 0. The molecule has 0 radical (unpaired) electrons. The molecule has 0 spiro atoms. The van der Waals surface area contributed by atoms with Crippen LogP contribution in [-0.4, -0.2) is 58.4 Å². The molecule has 1 N–H and O–H groups in total. The number of nitrogens with zero attached hydrogens (tertiary/aromatic N) is 2. The number of para-hydroxylation sites is 1. The zero-order chi connectivity index (χ0) is 17.4. The zero-order valence-corrected chi connectivity index (χ0v) is 13.7. The van der Waals surface area contributed by atoms with Gasteiger partial charge in [0, 0.05) is 36.2 Å². The van der Waals surface area contributed by atoms with Crippen LogP contribution in [0.15, 0.2) is 30.5 Å². The fraction of sp³-hybridized carbons (Fsp3) is 0.389. The number of carbonyl (C=O) groups excluding carboxylic acids is 3. The Bertz CT molecular complexity index is 820. The third-order valence-corrected chi connectivity index (χ3v) is 4.98. The van der Waals surface area contributed by atoms with Gasteiger partial charge < -0.3 is 14.6 Å². The number of amides is 3. The predicted octanol–water partition coefficient (Wildman–Crippen LogP) is 1.68. The van der Waals surface area contributed by atoms with Gasteiger partial charge in [0.15, 0.2) is 6.61 Å². The van der Waals surface area contributed by atoms with Crippen molar-refractivity contribution >= 4 is 28.8 Å². The lowest BCUT2D eigenvalue weighted by atomic mass is 10.0. The maximum absolute atomic E-state index is 12.6. The van der Waals surface area contributed by atoms with Crippen LogP contribution in [0.3, 0.4) is 0 Å². The third-order valence-electron chi connectivity index (χ3n) is 4.98. The molecule has 2 aliphatic rings. The molecular formula is C18H19N3O4. The van der Waals surface area contributed by atoms with Crippen LogP contribution >= 0.6 is 0 Å². The minimum atomic E-state index is -0.562. The highest BCUT2D eigenvalue weighted by atomic mass is 16.6. The van der Waals surface area contributed by atoms with E-state index in [1.807, 2.05) is 35.4 Å². The van der Waals surface area contributed by atoms with E-state index in [0.717, 1.165) is 16.5 Å². The average molecular weight is 341 g/mol. The van der Waals surface area contributed by atoms with E-state index in [0.29, 0.717) is 32.4 Å². The Morgan fingerprint density at radius 1 is 1.20 bits per heavy atom. The number of rotatable bonds is 3. The van der Waals surface area contributed by atoms with Gasteiger partial charge in [-0.2, -0.15) is 0 Å². The van der Waals surface area contributed by atoms with Crippen LogP contribution in [0.5, 0.6) is 0 Å². The molecule has 7 heteroatoms. The van der Waals surface area contributed by atoms with Gasteiger partial charge in [-0.1, -0.05) is 18.2 Å². The molecule has 25 heavy (non-hydrogen) atoms. The molecule has 2 saturated heterocycles. The number of benzene rings is 1. The van der Waals surface area contributed by atoms with Crippen molar-refractivity contribution in [2.75, 3.05) is 19.7 Å². The van der Waals surface area contributed by atoms with Gasteiger partial charge >= 0.3 is 6.09 Å². The molecule has 4 rings (SSSR count). The number of ether oxygens (including phenoxy) is 1. The molecule has 2 aromatic rings. The van der Waals surface area contributed by atoms with Crippen molar-refractivity contribution in [3.8, 4) is 0 Å². The van der Waals surface area contributed by atoms with Gasteiger partial charge in [0.25, 0.3) is 5.91 Å². The summed E-state index contributed by atoms with van der Waals surface area (Å²) in [6.45, 7) is 0.921. The molecule has 2 fully saturated rings. The Labute approximate surface area is 144 Å². The Balaban J connectivity index is 1.38. The van der Waals surface area contributed by atoms with Crippen LogP contribution in [0.2, 0.25) is 0 Å². The Kier molecular flexibility index (Phi) is 3.91. The van der Waals surface area contributed by atoms with Crippen molar-refractivity contribution in [2.45, 2.75) is 25.3 Å². The number of likely N-dealkylation sites (tertiary alicyclic amines) is 1. The maximum atomic E-state index is 12.6. The van der Waals surface area contributed by atoms with E-state index < -0.39 is 6.09 Å². The molecule has 7 nitrogen and oxygen atoms in total. The van der Waals surface area contributed by atoms with Gasteiger partial charge in [-0.25, -0.2) is 9.69 Å². The maximum Gasteiger partial charge on any atom is 0.417 e. The predicted molar refractivity (Wildman–Crippen MR) is 89.8 cm³/mol. The van der Waals surface area contributed by atoms with Crippen LogP contribution in [0.4, 0.5) is 4.79 Å². The molecule has 0 aliphatic carbocycles. The van der Waals surface area contributed by atoms with Crippen molar-refractivity contribution in [1.82, 2.24) is 14.8 Å². The van der Waals surface area contributed by atoms with E-state index in [9.17, 15) is 14.4 Å². The van der Waals surface area contributed by atoms with Crippen molar-refractivity contribution < 1.29 is 19.1 Å². The van der Waals surface area contributed by atoms with E-state index in [1.165, 1.54) is 4.90 Å². The number of nitrogens with one attached hydrogen (secondary N) is 1. The second kappa shape index (κ2) is 6.23. The summed E-state index contributed by atoms with van der Waals surface area (Å²) < 4.78 is 4.77. The molecular weight excluding hydrogens is 322 g/mol. The van der Waals surface area contributed by atoms with Gasteiger partial charge in [-0.3, -0.25) is 9.59 Å². The quantitative estimate of drug-likeness (QED) is 0.921. The molecule has 3 amide bonds. The second-order valence-corrected chi connectivity index (χ2v) is 6.47. The Morgan fingerprint density at radius 2 is 1.96 bits per heavy atom. The molecule has 1 aromatic heterocycles. The lowest BCUT2D eigenvalue weighted by Gasteiger charge is -2.34. The topological polar surface area (TPSA) is 82.7 Å². The lowest BCUT2D eigenvalue weighted by Crippen LogP contribution is -2.48. The summed E-state index contributed by atoms with van der Waals surface area (Å²) >= 11 is 0. The van der Waals surface area contributed by atoms with Crippen molar-refractivity contribution in [3.05, 3.63) is 36.0 Å². The lowest BCUT2D eigenvalue weighted by molar-refractivity contribution is -0.132. The standard InChI is InChI=1S/C18H19N3O4/c22-16(9-12-10-19-15-4-2-1-3-14(12)15)20-7-5-13(6-8-20)21-17(23)11-25-18(21)24/h1-4,10,13,19H,5-9,11H2. The van der Waals surface area contributed by atoms with Gasteiger partial charge in [0.05, 0.1) is 6.42 Å². The SMILES string of the molecule is O=C(Cc1c[nH]c2ccccc12)N1CCC(N2C(=O)COC2=O)CC1. The number of imide groups is 1. The summed E-state index contributed by atoms with van der Waals surface area (Å²) in [6, 6.07) is 7.74. The number of piperidine rings is 1. The van der Waals surface area contributed by atoms with E-state index in [4.69, 9.17) is 4.74 Å². The first-order valence-corrected chi connectivity index (χ1v) is 8.45. The molecule has 0 atom stereocenters. The average Bonchev–Trinajstić information content (AvgIpc) is 3.19. The number of H-pyrrole nitrogens is 1. The van der Waals surface area contributed by atoms with Gasteiger partial charge in [-0.05, 0) is 24.5 Å². The first-order chi connectivity index (χ1) is 12.1. The van der Waals surface area contributed by atoms with Crippen molar-refractivity contribution in [1.29, 1.82) is 0 Å². The van der Waals surface area contributed by atoms with Crippen molar-refractivity contribution in [3.63, 3.8) is 0 Å². The van der Waals surface area contributed by atoms with E-state index >= 15 is 0 Å². The van der Waals surface area contributed by atoms with Gasteiger partial charge in [-0.15, -0.1) is 0 Å². The highest BCUT2D eigenvalue weighted by molar-refractivity contribution is 5.98. The van der Waals surface area contributed by atoms with Gasteiger partial charge in [0.2, 0.25) is 5.91 Å². The van der Waals surface area contributed by atoms with Gasteiger partial charge in [0.1, 0.15) is 0 Å². The number of carbonyl (C=O) groups is 3. The number of aromatic amines is 1. The monoisotopic (exact) mass is 341 g/mol. The van der Waals surface area contributed by atoms with E-state index in [-0.39, 0.29) is 24.5 Å². The third kappa shape index (κ3) is 2.86. The first kappa shape index (κ1) is 15.7. The molecule has 1 aromatic carbocycles. The number of fused-ring (bicyclic) bond motifs is 1. The molecule has 130 valence electrons. The van der Waals surface area contributed by atoms with E-state index in [1.54, 1.807) is 0 Å². The summed E-state index contributed by atoms with van der Waals surface area (Å²) in [5, 5.41) is 1.07. The zero-order valence-electron chi connectivity index (χ0n) is 13.7. The summed E-state index contributed by atoms with van der Waals surface area (Å²) in [6.07, 6.45) is 2.86. The highest BCUT2D eigenvalue weighted by Gasteiger charge is 2.38. The van der Waals surface area contributed by atoms with Crippen LogP contribution in [0.25, 0.3) is 10.9 Å². The Morgan fingerprint density at radius 3 is 2.68 bits per heavy atom. The smallest absolute Gasteiger partial charge is 0.417 e. The molecule has 0 bridgehead atoms.